The highest BCUT2D eigenvalue weighted by atomic mass is 32.1. The third-order valence-electron chi connectivity index (χ3n) is 2.33. The second-order valence-corrected chi connectivity index (χ2v) is 4.02. The molecule has 4 heteroatoms. The first-order valence-electron chi connectivity index (χ1n) is 5.33. The molecule has 0 atom stereocenters. The van der Waals surface area contributed by atoms with Gasteiger partial charge in [0.1, 0.15) is 5.75 Å². The molecule has 0 bridgehead atoms. The molecule has 0 saturated heterocycles. The lowest BCUT2D eigenvalue weighted by atomic mass is 10.1. The summed E-state index contributed by atoms with van der Waals surface area (Å²) in [5.74, 6) is 1.57. The fraction of sp³-hybridized carbons (Fsp3) is 0.154. The largest absolute Gasteiger partial charge is 0.507 e. The molecule has 3 nitrogen and oxygen atoms in total. The number of nitrogens with zero attached hydrogens (tertiary/aromatic N) is 1. The molecule has 88 valence electrons. The van der Waals surface area contributed by atoms with Crippen molar-refractivity contribution in [2.45, 2.75) is 6.42 Å². The minimum Gasteiger partial charge on any atom is -0.507 e. The van der Waals surface area contributed by atoms with Gasteiger partial charge in [-0.3, -0.25) is 0 Å². The normalized spacial score (nSPS) is 11.1. The first-order chi connectivity index (χ1) is 8.31. The zero-order valence-corrected chi connectivity index (χ0v) is 10.1. The van der Waals surface area contributed by atoms with Gasteiger partial charge in [0.25, 0.3) is 0 Å². The van der Waals surface area contributed by atoms with E-state index in [2.05, 4.69) is 17.8 Å². The zero-order chi connectivity index (χ0) is 12.1. The van der Waals surface area contributed by atoms with Crippen LogP contribution in [0.3, 0.4) is 0 Å². The summed E-state index contributed by atoms with van der Waals surface area (Å²) >= 11 is 4.14. The lowest BCUT2D eigenvalue weighted by Crippen LogP contribution is -1.79. The molecule has 17 heavy (non-hydrogen) atoms. The maximum Gasteiger partial charge on any atom is 0.170 e. The first-order valence-corrected chi connectivity index (χ1v) is 5.96. The van der Waals surface area contributed by atoms with Crippen molar-refractivity contribution in [2.24, 2.45) is 0 Å². The van der Waals surface area contributed by atoms with Gasteiger partial charge in [-0.2, -0.15) is 12.6 Å². The molecule has 0 aliphatic rings. The Balaban J connectivity index is 2.30. The Morgan fingerprint density at radius 3 is 2.94 bits per heavy atom. The number of benzene rings is 1. The molecule has 2 aromatic rings. The van der Waals surface area contributed by atoms with Crippen LogP contribution < -0.4 is 0 Å². The summed E-state index contributed by atoms with van der Waals surface area (Å²) in [5, 5.41) is 13.4. The second-order valence-electron chi connectivity index (χ2n) is 3.57. The van der Waals surface area contributed by atoms with Gasteiger partial charge in [-0.05, 0) is 29.9 Å². The van der Waals surface area contributed by atoms with Crippen LogP contribution in [0.4, 0.5) is 0 Å². The van der Waals surface area contributed by atoms with E-state index in [4.69, 9.17) is 4.52 Å². The average molecular weight is 247 g/mol. The predicted octanol–water partition coefficient (Wildman–Crippen LogP) is 3.38. The van der Waals surface area contributed by atoms with Crippen molar-refractivity contribution < 1.29 is 9.63 Å². The van der Waals surface area contributed by atoms with E-state index in [0.29, 0.717) is 11.3 Å². The van der Waals surface area contributed by atoms with Gasteiger partial charge >= 0.3 is 0 Å². The molecule has 0 aliphatic heterocycles. The quantitative estimate of drug-likeness (QED) is 0.814. The van der Waals surface area contributed by atoms with E-state index in [-0.39, 0.29) is 5.75 Å². The van der Waals surface area contributed by atoms with Crippen LogP contribution in [0, 0.1) is 0 Å². The Hall–Kier alpha value is -1.68. The molecule has 0 saturated carbocycles. The molecular weight excluding hydrogens is 234 g/mol. The molecule has 1 aromatic heterocycles. The molecule has 0 aliphatic carbocycles. The number of hydrogen-bond acceptors (Lipinski definition) is 4. The third kappa shape index (κ3) is 2.91. The van der Waals surface area contributed by atoms with Gasteiger partial charge in [0.15, 0.2) is 5.76 Å². The molecule has 0 unspecified atom stereocenters. The van der Waals surface area contributed by atoms with Crippen molar-refractivity contribution in [3.8, 4) is 17.1 Å². The molecular formula is C13H13NO2S. The Morgan fingerprint density at radius 2 is 2.24 bits per heavy atom. The summed E-state index contributed by atoms with van der Waals surface area (Å²) < 4.78 is 5.03. The van der Waals surface area contributed by atoms with Crippen molar-refractivity contribution in [3.63, 3.8) is 0 Å². The average Bonchev–Trinajstić information content (AvgIpc) is 2.85. The maximum atomic E-state index is 9.75. The number of allylic oxidation sites excluding steroid dienone is 1. The summed E-state index contributed by atoms with van der Waals surface area (Å²) in [6.07, 6.45) is 6.51. The monoisotopic (exact) mass is 247 g/mol. The van der Waals surface area contributed by atoms with Crippen LogP contribution >= 0.6 is 12.6 Å². The van der Waals surface area contributed by atoms with Crippen molar-refractivity contribution in [1.82, 2.24) is 5.16 Å². The van der Waals surface area contributed by atoms with Crippen LogP contribution in [0.15, 0.2) is 41.1 Å². The maximum absolute atomic E-state index is 9.75. The van der Waals surface area contributed by atoms with Gasteiger partial charge in [-0.1, -0.05) is 23.4 Å². The Bertz CT molecular complexity index is 506. The van der Waals surface area contributed by atoms with Gasteiger partial charge in [0, 0.05) is 6.07 Å². The minimum atomic E-state index is 0.188. The highest BCUT2D eigenvalue weighted by molar-refractivity contribution is 7.80. The van der Waals surface area contributed by atoms with Crippen LogP contribution in [0.5, 0.6) is 5.75 Å². The van der Waals surface area contributed by atoms with Gasteiger partial charge < -0.3 is 9.63 Å². The van der Waals surface area contributed by atoms with Crippen LogP contribution in [-0.2, 0) is 0 Å². The number of aromatic nitrogens is 1. The summed E-state index contributed by atoms with van der Waals surface area (Å²) in [6, 6.07) is 7.09. The number of phenolic OH excluding ortho intramolecular Hbond substituents is 1. The lowest BCUT2D eigenvalue weighted by molar-refractivity contribution is 0.426. The predicted molar refractivity (Wildman–Crippen MR) is 71.1 cm³/mol. The lowest BCUT2D eigenvalue weighted by Gasteiger charge is -2.02. The van der Waals surface area contributed by atoms with Crippen LogP contribution in [0.2, 0.25) is 0 Å². The van der Waals surface area contributed by atoms with E-state index in [1.807, 2.05) is 24.3 Å². The molecule has 0 fully saturated rings. The Morgan fingerprint density at radius 1 is 1.35 bits per heavy atom. The van der Waals surface area contributed by atoms with Gasteiger partial charge in [-0.25, -0.2) is 0 Å². The summed E-state index contributed by atoms with van der Waals surface area (Å²) in [5.41, 5.74) is 1.66. The number of hydrogen-bond donors (Lipinski definition) is 2. The third-order valence-corrected chi connectivity index (χ3v) is 2.59. The highest BCUT2D eigenvalue weighted by Crippen LogP contribution is 2.30. The molecule has 1 N–H and O–H groups in total. The summed E-state index contributed by atoms with van der Waals surface area (Å²) in [6.45, 7) is 0. The van der Waals surface area contributed by atoms with E-state index in [0.717, 1.165) is 17.7 Å². The highest BCUT2D eigenvalue weighted by Gasteiger charge is 2.07. The number of thiol groups is 1. The van der Waals surface area contributed by atoms with Crippen molar-refractivity contribution >= 4 is 18.7 Å². The second kappa shape index (κ2) is 5.59. The number of aromatic hydroxyl groups is 1. The molecule has 2 rings (SSSR count). The van der Waals surface area contributed by atoms with Crippen molar-refractivity contribution in [2.75, 3.05) is 5.75 Å². The SMILES string of the molecule is Oc1ccc(C=CCCS)cc1-c1ccno1. The van der Waals surface area contributed by atoms with Crippen LogP contribution in [0.25, 0.3) is 17.4 Å². The van der Waals surface area contributed by atoms with E-state index in [1.54, 1.807) is 18.3 Å². The summed E-state index contributed by atoms with van der Waals surface area (Å²) in [4.78, 5) is 0. The molecule has 1 heterocycles. The topological polar surface area (TPSA) is 46.3 Å². The van der Waals surface area contributed by atoms with E-state index >= 15 is 0 Å². The molecule has 1 aromatic carbocycles. The molecule has 0 spiro atoms. The van der Waals surface area contributed by atoms with E-state index in [1.165, 1.54) is 0 Å². The first kappa shape index (κ1) is 11.8. The Kier molecular flexibility index (Phi) is 3.88. The Labute approximate surface area is 105 Å². The van der Waals surface area contributed by atoms with E-state index in [9.17, 15) is 5.11 Å². The van der Waals surface area contributed by atoms with Crippen molar-refractivity contribution in [1.29, 1.82) is 0 Å². The van der Waals surface area contributed by atoms with Crippen LogP contribution in [-0.4, -0.2) is 16.0 Å². The fourth-order valence-electron chi connectivity index (χ4n) is 1.50. The minimum absolute atomic E-state index is 0.188. The fourth-order valence-corrected chi connectivity index (χ4v) is 1.65. The van der Waals surface area contributed by atoms with Crippen molar-refractivity contribution in [3.05, 3.63) is 42.1 Å². The molecule has 0 radical (unpaired) electrons. The van der Waals surface area contributed by atoms with Gasteiger partial charge in [0.2, 0.25) is 0 Å². The van der Waals surface area contributed by atoms with E-state index < -0.39 is 0 Å². The summed E-state index contributed by atoms with van der Waals surface area (Å²) in [7, 11) is 0. The standard InChI is InChI=1S/C13H13NO2S/c15-12-5-4-10(3-1-2-8-17)9-11(12)13-6-7-14-16-13/h1,3-7,9,15,17H,2,8H2. The van der Waals surface area contributed by atoms with Crippen LogP contribution in [0.1, 0.15) is 12.0 Å². The molecule has 0 amide bonds. The smallest absolute Gasteiger partial charge is 0.170 e. The number of rotatable bonds is 4. The zero-order valence-electron chi connectivity index (χ0n) is 9.21. The van der Waals surface area contributed by atoms with Gasteiger partial charge in [-0.15, -0.1) is 0 Å². The number of phenols is 1. The van der Waals surface area contributed by atoms with Gasteiger partial charge in [0.05, 0.1) is 11.8 Å².